The monoisotopic (exact) mass is 462 g/mol. The molecule has 0 unspecified atom stereocenters. The Bertz CT molecular complexity index is 1370. The smallest absolute Gasteiger partial charge is 0.338 e. The van der Waals surface area contributed by atoms with E-state index in [2.05, 4.69) is 15.2 Å². The third kappa shape index (κ3) is 4.73. The van der Waals surface area contributed by atoms with Gasteiger partial charge in [-0.05, 0) is 48.6 Å². The van der Waals surface area contributed by atoms with Crippen molar-refractivity contribution in [2.24, 2.45) is 0 Å². The molecule has 0 amide bonds. The van der Waals surface area contributed by atoms with Crippen LogP contribution in [-0.2, 0) is 0 Å². The summed E-state index contributed by atoms with van der Waals surface area (Å²) >= 11 is 0. The van der Waals surface area contributed by atoms with E-state index in [1.807, 2.05) is 24.3 Å². The van der Waals surface area contributed by atoms with Crippen LogP contribution in [0.1, 0.15) is 12.8 Å². The molecule has 2 aromatic heterocycles. The van der Waals surface area contributed by atoms with Gasteiger partial charge in [0.2, 0.25) is 0 Å². The molecule has 0 bridgehead atoms. The summed E-state index contributed by atoms with van der Waals surface area (Å²) in [6.45, 7) is 3.36. The molecule has 1 aliphatic rings. The lowest BCUT2D eigenvalue weighted by Crippen LogP contribution is -2.56. The van der Waals surface area contributed by atoms with Crippen molar-refractivity contribution in [1.29, 1.82) is 0 Å². The van der Waals surface area contributed by atoms with Gasteiger partial charge in [0.1, 0.15) is 17.2 Å². The van der Waals surface area contributed by atoms with Crippen molar-refractivity contribution in [3.63, 3.8) is 0 Å². The highest BCUT2D eigenvalue weighted by Gasteiger charge is 2.26. The molecule has 4 aromatic rings. The van der Waals surface area contributed by atoms with Crippen LogP contribution >= 0.6 is 0 Å². The van der Waals surface area contributed by atoms with E-state index in [1.165, 1.54) is 18.2 Å². The van der Waals surface area contributed by atoms with Crippen LogP contribution in [0, 0.1) is 11.0 Å². The number of benzene rings is 2. The van der Waals surface area contributed by atoms with E-state index >= 15 is 0 Å². The number of aromatic nitrogens is 1. The lowest BCUT2D eigenvalue weighted by molar-refractivity contribution is -0.881. The van der Waals surface area contributed by atoms with Gasteiger partial charge in [0.05, 0.1) is 38.4 Å². The van der Waals surface area contributed by atoms with E-state index in [1.54, 1.807) is 18.3 Å². The van der Waals surface area contributed by atoms with Crippen molar-refractivity contribution in [2.45, 2.75) is 12.8 Å². The van der Waals surface area contributed by atoms with Gasteiger partial charge in [-0.3, -0.25) is 0 Å². The SMILES string of the molecule is O=c1cc(NCCCC[N+]2([O-])CCN(c3nccc4ccc(F)cc34)CC2)c2ccccc2o1. The van der Waals surface area contributed by atoms with Crippen molar-refractivity contribution >= 4 is 33.2 Å². The second-order valence-electron chi connectivity index (χ2n) is 8.83. The predicted octanol–water partition coefficient (Wildman–Crippen LogP) is 4.51. The number of para-hydroxylation sites is 1. The molecular weight excluding hydrogens is 435 g/mol. The number of pyridine rings is 1. The lowest BCUT2D eigenvalue weighted by atomic mass is 10.1. The van der Waals surface area contributed by atoms with E-state index in [-0.39, 0.29) is 16.1 Å². The molecule has 1 fully saturated rings. The number of hydroxylamine groups is 3. The first kappa shape index (κ1) is 22.3. The zero-order valence-electron chi connectivity index (χ0n) is 18.9. The molecule has 176 valence electrons. The Morgan fingerprint density at radius 1 is 1.06 bits per heavy atom. The van der Waals surface area contributed by atoms with Crippen LogP contribution in [0.2, 0.25) is 0 Å². The van der Waals surface area contributed by atoms with Crippen molar-refractivity contribution in [2.75, 3.05) is 49.5 Å². The van der Waals surface area contributed by atoms with E-state index in [9.17, 15) is 14.4 Å². The number of nitrogens with one attached hydrogen (secondary N) is 1. The number of rotatable bonds is 7. The number of nitrogens with zero attached hydrogens (tertiary/aromatic N) is 3. The minimum Gasteiger partial charge on any atom is -0.633 e. The van der Waals surface area contributed by atoms with Gasteiger partial charge in [-0.1, -0.05) is 18.2 Å². The fourth-order valence-electron chi connectivity index (χ4n) is 4.65. The number of piperazine rings is 1. The molecule has 0 radical (unpaired) electrons. The molecule has 0 aliphatic carbocycles. The predicted molar refractivity (Wildman–Crippen MR) is 132 cm³/mol. The third-order valence-corrected chi connectivity index (χ3v) is 6.52. The van der Waals surface area contributed by atoms with Gasteiger partial charge in [-0.15, -0.1) is 0 Å². The summed E-state index contributed by atoms with van der Waals surface area (Å²) in [5, 5.41) is 19.1. The Labute approximate surface area is 196 Å². The molecule has 1 aliphatic heterocycles. The van der Waals surface area contributed by atoms with Gasteiger partial charge in [-0.2, -0.15) is 0 Å². The number of quaternary nitrogens is 1. The molecule has 2 aromatic carbocycles. The zero-order chi connectivity index (χ0) is 23.5. The maximum Gasteiger partial charge on any atom is 0.338 e. The number of halogens is 1. The molecule has 1 N–H and O–H groups in total. The normalized spacial score (nSPS) is 15.6. The van der Waals surface area contributed by atoms with Crippen LogP contribution in [0.15, 0.2) is 70.0 Å². The van der Waals surface area contributed by atoms with Crippen LogP contribution in [0.5, 0.6) is 0 Å². The van der Waals surface area contributed by atoms with Gasteiger partial charge < -0.3 is 24.5 Å². The van der Waals surface area contributed by atoms with Gasteiger partial charge in [0, 0.05) is 29.6 Å². The number of fused-ring (bicyclic) bond motifs is 2. The number of hydrogen-bond acceptors (Lipinski definition) is 6. The fraction of sp³-hybridized carbons (Fsp3) is 0.308. The molecule has 3 heterocycles. The zero-order valence-corrected chi connectivity index (χ0v) is 18.9. The Morgan fingerprint density at radius 2 is 1.88 bits per heavy atom. The summed E-state index contributed by atoms with van der Waals surface area (Å²) in [6.07, 6.45) is 3.34. The molecule has 34 heavy (non-hydrogen) atoms. The summed E-state index contributed by atoms with van der Waals surface area (Å²) in [7, 11) is 0. The first-order valence-electron chi connectivity index (χ1n) is 11.6. The van der Waals surface area contributed by atoms with Gasteiger partial charge in [0.15, 0.2) is 0 Å². The van der Waals surface area contributed by atoms with Gasteiger partial charge in [0.25, 0.3) is 0 Å². The van der Waals surface area contributed by atoms with Crippen molar-refractivity contribution in [3.8, 4) is 0 Å². The van der Waals surface area contributed by atoms with E-state index in [4.69, 9.17) is 4.42 Å². The second kappa shape index (κ2) is 9.40. The summed E-state index contributed by atoms with van der Waals surface area (Å²) < 4.78 is 18.8. The molecule has 5 rings (SSSR count). The lowest BCUT2D eigenvalue weighted by Gasteiger charge is -2.48. The Balaban J connectivity index is 1.14. The summed E-state index contributed by atoms with van der Waals surface area (Å²) in [5.41, 5.74) is 0.930. The molecule has 0 spiro atoms. The van der Waals surface area contributed by atoms with Crippen LogP contribution in [-0.4, -0.2) is 48.9 Å². The van der Waals surface area contributed by atoms with Gasteiger partial charge in [-0.25, -0.2) is 14.2 Å². The fourth-order valence-corrected chi connectivity index (χ4v) is 4.65. The van der Waals surface area contributed by atoms with E-state index < -0.39 is 0 Å². The topological polar surface area (TPSA) is 81.4 Å². The molecule has 0 saturated carbocycles. The number of hydrogen-bond donors (Lipinski definition) is 1. The molecule has 7 nitrogen and oxygen atoms in total. The largest absolute Gasteiger partial charge is 0.633 e. The maximum atomic E-state index is 13.8. The summed E-state index contributed by atoms with van der Waals surface area (Å²) in [5.74, 6) is 0.456. The highest BCUT2D eigenvalue weighted by Crippen LogP contribution is 2.27. The third-order valence-electron chi connectivity index (χ3n) is 6.52. The average molecular weight is 463 g/mol. The number of anilines is 2. The maximum absolute atomic E-state index is 13.8. The molecule has 1 saturated heterocycles. The van der Waals surface area contributed by atoms with E-state index in [0.29, 0.717) is 44.9 Å². The van der Waals surface area contributed by atoms with E-state index in [0.717, 1.165) is 40.5 Å². The average Bonchev–Trinajstić information content (AvgIpc) is 2.84. The van der Waals surface area contributed by atoms with Crippen LogP contribution in [0.3, 0.4) is 0 Å². The molecule has 8 heteroatoms. The Hall–Kier alpha value is -3.49. The van der Waals surface area contributed by atoms with Gasteiger partial charge >= 0.3 is 5.63 Å². The van der Waals surface area contributed by atoms with Crippen molar-refractivity contribution in [3.05, 3.63) is 82.2 Å². The number of unbranched alkanes of at least 4 members (excludes halogenated alkanes) is 1. The second-order valence-corrected chi connectivity index (χ2v) is 8.83. The van der Waals surface area contributed by atoms with Crippen LogP contribution in [0.25, 0.3) is 21.7 Å². The molecular formula is C26H27FN4O3. The first-order chi connectivity index (χ1) is 16.5. The standard InChI is InChI=1S/C26H27FN4O3/c27-20-8-7-19-9-11-29-26(22(19)17-20)30-12-15-31(33,16-13-30)14-4-3-10-28-23-18-25(32)34-24-6-2-1-5-21(23)24/h1-2,5-9,11,17-18,28H,3-4,10,12-16H2. The highest BCUT2D eigenvalue weighted by atomic mass is 19.1. The summed E-state index contributed by atoms with van der Waals surface area (Å²) in [4.78, 5) is 18.3. The molecule has 0 atom stereocenters. The van der Waals surface area contributed by atoms with Crippen LogP contribution < -0.4 is 15.8 Å². The Kier molecular flexibility index (Phi) is 6.17. The minimum atomic E-state index is -0.383. The van der Waals surface area contributed by atoms with Crippen molar-refractivity contribution in [1.82, 2.24) is 4.98 Å². The van der Waals surface area contributed by atoms with Crippen LogP contribution in [0.4, 0.5) is 15.9 Å². The highest BCUT2D eigenvalue weighted by molar-refractivity contribution is 5.92. The Morgan fingerprint density at radius 3 is 2.74 bits per heavy atom. The first-order valence-corrected chi connectivity index (χ1v) is 11.6. The minimum absolute atomic E-state index is 0.229. The quantitative estimate of drug-likeness (QED) is 0.188. The van der Waals surface area contributed by atoms with Crippen molar-refractivity contribution < 1.29 is 13.5 Å². The summed E-state index contributed by atoms with van der Waals surface area (Å²) in [6, 6.07) is 15.5.